The lowest BCUT2D eigenvalue weighted by atomic mass is 9.85. The Bertz CT molecular complexity index is 695. The van der Waals surface area contributed by atoms with Crippen molar-refractivity contribution in [2.45, 2.75) is 38.0 Å². The standard InChI is InChI=1S/C17H20ClN3/c18-12-6-7-14-13(10-12)15(17-19-8-9-20-17)16(21-14)11-4-2-1-3-5-11/h6-7,10-11,21H,1-5,8-9H2,(H,19,20). The zero-order valence-electron chi connectivity index (χ0n) is 12.1. The van der Waals surface area contributed by atoms with Crippen LogP contribution < -0.4 is 5.32 Å². The number of halogens is 1. The largest absolute Gasteiger partial charge is 0.368 e. The molecule has 0 unspecified atom stereocenters. The number of amidine groups is 1. The normalized spacial score (nSPS) is 19.8. The second-order valence-corrected chi connectivity index (χ2v) is 6.53. The van der Waals surface area contributed by atoms with Crippen LogP contribution in [0.5, 0.6) is 0 Å². The second-order valence-electron chi connectivity index (χ2n) is 6.10. The van der Waals surface area contributed by atoms with E-state index < -0.39 is 0 Å². The molecule has 1 aliphatic heterocycles. The molecule has 2 aliphatic rings. The average molecular weight is 302 g/mol. The fraction of sp³-hybridized carbons (Fsp3) is 0.471. The minimum atomic E-state index is 0.630. The average Bonchev–Trinajstić information content (AvgIpc) is 3.14. The Kier molecular flexibility index (Phi) is 3.38. The van der Waals surface area contributed by atoms with E-state index in [4.69, 9.17) is 11.6 Å². The monoisotopic (exact) mass is 301 g/mol. The van der Waals surface area contributed by atoms with Crippen molar-refractivity contribution in [3.05, 3.63) is 34.5 Å². The van der Waals surface area contributed by atoms with Crippen LogP contribution in [0.2, 0.25) is 5.02 Å². The first kappa shape index (κ1) is 13.2. The van der Waals surface area contributed by atoms with Gasteiger partial charge in [-0.1, -0.05) is 30.9 Å². The molecule has 1 aromatic carbocycles. The maximum absolute atomic E-state index is 6.22. The van der Waals surface area contributed by atoms with Crippen molar-refractivity contribution in [2.24, 2.45) is 4.99 Å². The number of benzene rings is 1. The number of nitrogens with zero attached hydrogens (tertiary/aromatic N) is 1. The van der Waals surface area contributed by atoms with Crippen molar-refractivity contribution in [2.75, 3.05) is 13.1 Å². The molecule has 2 heterocycles. The highest BCUT2D eigenvalue weighted by atomic mass is 35.5. The number of H-pyrrole nitrogens is 1. The van der Waals surface area contributed by atoms with E-state index >= 15 is 0 Å². The summed E-state index contributed by atoms with van der Waals surface area (Å²) in [6.07, 6.45) is 6.60. The van der Waals surface area contributed by atoms with Crippen molar-refractivity contribution in [1.29, 1.82) is 0 Å². The van der Waals surface area contributed by atoms with Crippen molar-refractivity contribution < 1.29 is 0 Å². The van der Waals surface area contributed by atoms with Crippen LogP contribution in [-0.4, -0.2) is 23.9 Å². The molecule has 1 fully saturated rings. The first-order valence-electron chi connectivity index (χ1n) is 7.93. The lowest BCUT2D eigenvalue weighted by Crippen LogP contribution is -2.21. The summed E-state index contributed by atoms with van der Waals surface area (Å²) in [6.45, 7) is 1.80. The number of hydrogen-bond acceptors (Lipinski definition) is 2. The van der Waals surface area contributed by atoms with Gasteiger partial charge in [-0.05, 0) is 37.0 Å². The number of fused-ring (bicyclic) bond motifs is 1. The van der Waals surface area contributed by atoms with E-state index in [2.05, 4.69) is 27.4 Å². The Labute approximate surface area is 129 Å². The van der Waals surface area contributed by atoms with Crippen LogP contribution in [0, 0.1) is 0 Å². The van der Waals surface area contributed by atoms with Crippen molar-refractivity contribution in [3.8, 4) is 0 Å². The first-order valence-corrected chi connectivity index (χ1v) is 8.30. The smallest absolute Gasteiger partial charge is 0.130 e. The van der Waals surface area contributed by atoms with Gasteiger partial charge in [0, 0.05) is 33.7 Å². The van der Waals surface area contributed by atoms with Gasteiger partial charge in [-0.15, -0.1) is 0 Å². The van der Waals surface area contributed by atoms with Crippen molar-refractivity contribution >= 4 is 28.3 Å². The lowest BCUT2D eigenvalue weighted by molar-refractivity contribution is 0.438. The molecular weight excluding hydrogens is 282 g/mol. The summed E-state index contributed by atoms with van der Waals surface area (Å²) in [4.78, 5) is 8.31. The summed E-state index contributed by atoms with van der Waals surface area (Å²) in [5.74, 6) is 1.68. The summed E-state index contributed by atoms with van der Waals surface area (Å²) in [5.41, 5.74) is 3.79. The molecule has 1 aromatic heterocycles. The molecule has 1 aliphatic carbocycles. The first-order chi connectivity index (χ1) is 10.3. The van der Waals surface area contributed by atoms with Crippen LogP contribution in [0.25, 0.3) is 10.9 Å². The zero-order valence-corrected chi connectivity index (χ0v) is 12.8. The highest BCUT2D eigenvalue weighted by Gasteiger charge is 2.25. The van der Waals surface area contributed by atoms with Crippen molar-refractivity contribution in [3.63, 3.8) is 0 Å². The Morgan fingerprint density at radius 2 is 2.00 bits per heavy atom. The van der Waals surface area contributed by atoms with Gasteiger partial charge in [-0.3, -0.25) is 4.99 Å². The number of nitrogens with one attached hydrogen (secondary N) is 2. The molecule has 0 spiro atoms. The fourth-order valence-corrected chi connectivity index (χ4v) is 3.88. The van der Waals surface area contributed by atoms with Gasteiger partial charge in [0.05, 0.1) is 6.54 Å². The van der Waals surface area contributed by atoms with Crippen molar-refractivity contribution in [1.82, 2.24) is 10.3 Å². The summed E-state index contributed by atoms with van der Waals surface area (Å²) in [6, 6.07) is 6.11. The topological polar surface area (TPSA) is 40.2 Å². The minimum Gasteiger partial charge on any atom is -0.368 e. The Balaban J connectivity index is 1.89. The molecule has 0 saturated heterocycles. The number of aromatic amines is 1. The minimum absolute atomic E-state index is 0.630. The number of aliphatic imine (C=N–C) groups is 1. The van der Waals surface area contributed by atoms with Crippen LogP contribution in [0.3, 0.4) is 0 Å². The third kappa shape index (κ3) is 2.34. The molecule has 2 aromatic rings. The van der Waals surface area contributed by atoms with E-state index in [9.17, 15) is 0 Å². The highest BCUT2D eigenvalue weighted by Crippen LogP contribution is 2.37. The summed E-state index contributed by atoms with van der Waals surface area (Å²) >= 11 is 6.22. The van der Waals surface area contributed by atoms with E-state index in [-0.39, 0.29) is 0 Å². The van der Waals surface area contributed by atoms with Crippen LogP contribution in [0.15, 0.2) is 23.2 Å². The molecule has 21 heavy (non-hydrogen) atoms. The maximum atomic E-state index is 6.22. The van der Waals surface area contributed by atoms with Gasteiger partial charge in [0.1, 0.15) is 5.84 Å². The molecule has 4 heteroatoms. The van der Waals surface area contributed by atoms with Gasteiger partial charge in [-0.2, -0.15) is 0 Å². The fourth-order valence-electron chi connectivity index (χ4n) is 3.70. The summed E-state index contributed by atoms with van der Waals surface area (Å²) < 4.78 is 0. The Morgan fingerprint density at radius 1 is 1.14 bits per heavy atom. The lowest BCUT2D eigenvalue weighted by Gasteiger charge is -2.22. The highest BCUT2D eigenvalue weighted by molar-refractivity contribution is 6.31. The quantitative estimate of drug-likeness (QED) is 0.856. The van der Waals surface area contributed by atoms with E-state index in [1.165, 1.54) is 54.3 Å². The number of aromatic nitrogens is 1. The Morgan fingerprint density at radius 3 is 2.76 bits per heavy atom. The number of hydrogen-bond donors (Lipinski definition) is 2. The van der Waals surface area contributed by atoms with Gasteiger partial charge in [0.15, 0.2) is 0 Å². The zero-order chi connectivity index (χ0) is 14.2. The molecule has 1 saturated carbocycles. The molecule has 3 nitrogen and oxygen atoms in total. The van der Waals surface area contributed by atoms with Crippen LogP contribution >= 0.6 is 11.6 Å². The van der Waals surface area contributed by atoms with Gasteiger partial charge in [-0.25, -0.2) is 0 Å². The van der Waals surface area contributed by atoms with Gasteiger partial charge >= 0.3 is 0 Å². The van der Waals surface area contributed by atoms with Gasteiger partial charge < -0.3 is 10.3 Å². The molecule has 4 rings (SSSR count). The third-order valence-electron chi connectivity index (χ3n) is 4.71. The summed E-state index contributed by atoms with van der Waals surface area (Å²) in [7, 11) is 0. The third-order valence-corrected chi connectivity index (χ3v) is 4.95. The predicted molar refractivity (Wildman–Crippen MR) is 88.5 cm³/mol. The van der Waals surface area contributed by atoms with E-state index in [1.54, 1.807) is 0 Å². The molecule has 110 valence electrons. The maximum Gasteiger partial charge on any atom is 0.130 e. The van der Waals surface area contributed by atoms with E-state index in [1.807, 2.05) is 6.07 Å². The van der Waals surface area contributed by atoms with Crippen LogP contribution in [0.1, 0.15) is 49.3 Å². The number of rotatable bonds is 2. The molecule has 2 N–H and O–H groups in total. The molecule has 0 amide bonds. The SMILES string of the molecule is Clc1ccc2[nH]c(C3CCCCC3)c(C3=NCCN3)c2c1. The molecule has 0 bridgehead atoms. The van der Waals surface area contributed by atoms with Gasteiger partial charge in [0.2, 0.25) is 0 Å². The Hall–Kier alpha value is -1.48. The second kappa shape index (κ2) is 5.38. The van der Waals surface area contributed by atoms with Crippen LogP contribution in [-0.2, 0) is 0 Å². The van der Waals surface area contributed by atoms with E-state index in [0.29, 0.717) is 5.92 Å². The molecule has 0 radical (unpaired) electrons. The van der Waals surface area contributed by atoms with Gasteiger partial charge in [0.25, 0.3) is 0 Å². The summed E-state index contributed by atoms with van der Waals surface area (Å²) in [5, 5.41) is 5.43. The van der Waals surface area contributed by atoms with E-state index in [0.717, 1.165) is 23.9 Å². The van der Waals surface area contributed by atoms with Crippen LogP contribution in [0.4, 0.5) is 0 Å². The predicted octanol–water partition coefficient (Wildman–Crippen LogP) is 4.22. The molecule has 0 atom stereocenters. The molecular formula is C17H20ClN3.